The fourth-order valence-corrected chi connectivity index (χ4v) is 1.58. The van der Waals surface area contributed by atoms with Gasteiger partial charge in [0.1, 0.15) is 5.75 Å². The zero-order chi connectivity index (χ0) is 10.0. The SMILES string of the molecule is COc1cc(Cl)c(C(=O)S)cc1Cl. The number of hydrogen-bond donors (Lipinski definition) is 1. The van der Waals surface area contributed by atoms with Gasteiger partial charge in [0.15, 0.2) is 0 Å². The van der Waals surface area contributed by atoms with Gasteiger partial charge in [-0.15, -0.1) is 12.6 Å². The van der Waals surface area contributed by atoms with E-state index in [2.05, 4.69) is 12.6 Å². The Labute approximate surface area is 91.2 Å². The van der Waals surface area contributed by atoms with Crippen LogP contribution in [0.3, 0.4) is 0 Å². The minimum atomic E-state index is -0.422. The highest BCUT2D eigenvalue weighted by atomic mass is 35.5. The molecule has 0 N–H and O–H groups in total. The van der Waals surface area contributed by atoms with Gasteiger partial charge in [0.2, 0.25) is 5.12 Å². The topological polar surface area (TPSA) is 26.3 Å². The number of carbonyl (C=O) groups is 1. The molecule has 2 nitrogen and oxygen atoms in total. The fourth-order valence-electron chi connectivity index (χ4n) is 0.849. The van der Waals surface area contributed by atoms with Crippen LogP contribution >= 0.6 is 35.8 Å². The average molecular weight is 237 g/mol. The lowest BCUT2D eigenvalue weighted by atomic mass is 10.2. The van der Waals surface area contributed by atoms with Gasteiger partial charge < -0.3 is 4.74 Å². The van der Waals surface area contributed by atoms with E-state index in [1.165, 1.54) is 19.2 Å². The molecule has 5 heteroatoms. The minimum absolute atomic E-state index is 0.274. The Hall–Kier alpha value is -0.380. The molecule has 0 aliphatic rings. The van der Waals surface area contributed by atoms with Gasteiger partial charge in [0, 0.05) is 11.6 Å². The molecule has 1 rings (SSSR count). The van der Waals surface area contributed by atoms with Gasteiger partial charge in [-0.2, -0.15) is 0 Å². The standard InChI is InChI=1S/C8H6Cl2O2S/c1-12-7-3-5(9)4(8(11)13)2-6(7)10/h2-3H,1H3,(H,11,13). The van der Waals surface area contributed by atoms with Crippen LogP contribution in [0, 0.1) is 0 Å². The lowest BCUT2D eigenvalue weighted by Gasteiger charge is -2.05. The molecule has 0 saturated heterocycles. The molecule has 0 unspecified atom stereocenters. The van der Waals surface area contributed by atoms with E-state index < -0.39 is 5.12 Å². The van der Waals surface area contributed by atoms with E-state index in [1.54, 1.807) is 0 Å². The maximum absolute atomic E-state index is 10.9. The Bertz CT molecular complexity index is 352. The second-order valence-electron chi connectivity index (χ2n) is 2.27. The quantitative estimate of drug-likeness (QED) is 0.800. The Morgan fingerprint density at radius 2 is 2.00 bits per heavy atom. The largest absolute Gasteiger partial charge is 0.495 e. The van der Waals surface area contributed by atoms with Gasteiger partial charge >= 0.3 is 0 Å². The van der Waals surface area contributed by atoms with Crippen molar-refractivity contribution in [1.82, 2.24) is 0 Å². The smallest absolute Gasteiger partial charge is 0.217 e. The molecule has 0 aliphatic heterocycles. The number of rotatable bonds is 2. The third-order valence-electron chi connectivity index (χ3n) is 1.47. The summed E-state index contributed by atoms with van der Waals surface area (Å²) in [5.41, 5.74) is 0.274. The molecular weight excluding hydrogens is 231 g/mol. The van der Waals surface area contributed by atoms with Crippen molar-refractivity contribution in [2.45, 2.75) is 0 Å². The molecule has 1 aromatic carbocycles. The van der Waals surface area contributed by atoms with Gasteiger partial charge in [-0.05, 0) is 6.07 Å². The van der Waals surface area contributed by atoms with Gasteiger partial charge in [0.25, 0.3) is 0 Å². The molecule has 0 saturated carbocycles. The minimum Gasteiger partial charge on any atom is -0.495 e. The highest BCUT2D eigenvalue weighted by Gasteiger charge is 2.11. The molecule has 0 heterocycles. The normalized spacial score (nSPS) is 9.85. The van der Waals surface area contributed by atoms with E-state index in [9.17, 15) is 4.79 Å². The lowest BCUT2D eigenvalue weighted by molar-refractivity contribution is 0.109. The number of carbonyl (C=O) groups excluding carboxylic acids is 1. The van der Waals surface area contributed by atoms with Crippen molar-refractivity contribution in [3.8, 4) is 5.75 Å². The van der Waals surface area contributed by atoms with Crippen LogP contribution in [0.2, 0.25) is 10.0 Å². The van der Waals surface area contributed by atoms with Crippen molar-refractivity contribution in [3.05, 3.63) is 27.7 Å². The summed E-state index contributed by atoms with van der Waals surface area (Å²) in [5, 5.41) is 0.195. The van der Waals surface area contributed by atoms with Crippen LogP contribution in [0.5, 0.6) is 5.75 Å². The van der Waals surface area contributed by atoms with Crippen LogP contribution in [0.15, 0.2) is 12.1 Å². The Morgan fingerprint density at radius 1 is 1.38 bits per heavy atom. The first-order chi connectivity index (χ1) is 6.06. The molecule has 0 bridgehead atoms. The van der Waals surface area contributed by atoms with Crippen LogP contribution < -0.4 is 4.74 Å². The Morgan fingerprint density at radius 3 is 2.46 bits per heavy atom. The van der Waals surface area contributed by atoms with E-state index in [4.69, 9.17) is 27.9 Å². The number of halogens is 2. The van der Waals surface area contributed by atoms with Crippen molar-refractivity contribution in [2.75, 3.05) is 7.11 Å². The maximum atomic E-state index is 10.9. The highest BCUT2D eigenvalue weighted by Crippen LogP contribution is 2.31. The van der Waals surface area contributed by atoms with Crippen molar-refractivity contribution in [3.63, 3.8) is 0 Å². The summed E-state index contributed by atoms with van der Waals surface area (Å²) < 4.78 is 4.91. The fraction of sp³-hybridized carbons (Fsp3) is 0.125. The third-order valence-corrected chi connectivity index (χ3v) is 2.32. The molecule has 0 radical (unpaired) electrons. The number of benzene rings is 1. The van der Waals surface area contributed by atoms with Crippen molar-refractivity contribution in [2.24, 2.45) is 0 Å². The number of ether oxygens (including phenoxy) is 1. The van der Waals surface area contributed by atoms with E-state index in [1.807, 2.05) is 0 Å². The summed E-state index contributed by atoms with van der Waals surface area (Å²) in [7, 11) is 1.47. The van der Waals surface area contributed by atoms with Crippen LogP contribution in [-0.4, -0.2) is 12.2 Å². The molecule has 0 aromatic heterocycles. The second-order valence-corrected chi connectivity index (χ2v) is 3.49. The molecular formula is C8H6Cl2O2S. The molecule has 0 atom stereocenters. The summed E-state index contributed by atoms with van der Waals surface area (Å²) in [6, 6.07) is 2.91. The zero-order valence-electron chi connectivity index (χ0n) is 6.67. The van der Waals surface area contributed by atoms with Crippen LogP contribution in [0.1, 0.15) is 10.4 Å². The molecule has 0 aliphatic carbocycles. The first kappa shape index (κ1) is 10.7. The molecule has 0 amide bonds. The molecule has 13 heavy (non-hydrogen) atoms. The van der Waals surface area contributed by atoms with Gasteiger partial charge in [-0.3, -0.25) is 4.79 Å². The van der Waals surface area contributed by atoms with Gasteiger partial charge in [0.05, 0.1) is 17.2 Å². The van der Waals surface area contributed by atoms with Gasteiger partial charge in [-0.25, -0.2) is 0 Å². The summed E-state index contributed by atoms with van der Waals surface area (Å²) in [6.45, 7) is 0. The van der Waals surface area contributed by atoms with Crippen molar-refractivity contribution in [1.29, 1.82) is 0 Å². The predicted octanol–water partition coefficient (Wildman–Crippen LogP) is 3.07. The monoisotopic (exact) mass is 236 g/mol. The first-order valence-electron chi connectivity index (χ1n) is 3.32. The van der Waals surface area contributed by atoms with E-state index >= 15 is 0 Å². The Balaban J connectivity index is 3.28. The molecule has 0 spiro atoms. The summed E-state index contributed by atoms with van der Waals surface area (Å²) in [5.74, 6) is 0.435. The van der Waals surface area contributed by atoms with E-state index in [0.717, 1.165) is 0 Å². The zero-order valence-corrected chi connectivity index (χ0v) is 9.08. The first-order valence-corrected chi connectivity index (χ1v) is 4.53. The average Bonchev–Trinajstić information content (AvgIpc) is 2.07. The highest BCUT2D eigenvalue weighted by molar-refractivity contribution is 7.97. The number of thiol groups is 1. The van der Waals surface area contributed by atoms with Gasteiger partial charge in [-0.1, -0.05) is 23.2 Å². The van der Waals surface area contributed by atoms with Crippen LogP contribution in [0.25, 0.3) is 0 Å². The summed E-state index contributed by atoms with van der Waals surface area (Å²) in [4.78, 5) is 10.9. The van der Waals surface area contributed by atoms with Crippen molar-refractivity contribution >= 4 is 40.9 Å². The van der Waals surface area contributed by atoms with E-state index in [0.29, 0.717) is 10.8 Å². The second kappa shape index (κ2) is 4.22. The van der Waals surface area contributed by atoms with E-state index in [-0.39, 0.29) is 10.6 Å². The van der Waals surface area contributed by atoms with Crippen LogP contribution in [0.4, 0.5) is 0 Å². The van der Waals surface area contributed by atoms with Crippen LogP contribution in [-0.2, 0) is 0 Å². The molecule has 1 aromatic rings. The predicted molar refractivity (Wildman–Crippen MR) is 56.3 cm³/mol. The Kier molecular flexibility index (Phi) is 3.47. The number of hydrogen-bond acceptors (Lipinski definition) is 2. The maximum Gasteiger partial charge on any atom is 0.217 e. The summed E-state index contributed by atoms with van der Waals surface area (Å²) in [6.07, 6.45) is 0. The third kappa shape index (κ3) is 2.30. The van der Waals surface area contributed by atoms with Crippen molar-refractivity contribution < 1.29 is 9.53 Å². The lowest BCUT2D eigenvalue weighted by Crippen LogP contribution is -1.92. The molecule has 70 valence electrons. The summed E-state index contributed by atoms with van der Waals surface area (Å²) >= 11 is 15.2. The number of methoxy groups -OCH3 is 1. The molecule has 0 fully saturated rings.